The summed E-state index contributed by atoms with van der Waals surface area (Å²) in [4.78, 5) is 23.0. The molecule has 2 N–H and O–H groups in total. The molecule has 0 saturated carbocycles. The highest BCUT2D eigenvalue weighted by atomic mass is 16.6. The molecule has 23 heavy (non-hydrogen) atoms. The van der Waals surface area contributed by atoms with E-state index >= 15 is 0 Å². The summed E-state index contributed by atoms with van der Waals surface area (Å²) in [5, 5.41) is 11.4. The van der Waals surface area contributed by atoms with Gasteiger partial charge in [-0.05, 0) is 31.2 Å². The zero-order valence-electron chi connectivity index (χ0n) is 12.3. The minimum Gasteiger partial charge on any atom is -0.482 e. The molecule has 1 aliphatic heterocycles. The lowest BCUT2D eigenvalue weighted by Crippen LogP contribution is -2.48. The number of benzene rings is 1. The number of fused-ring (bicyclic) bond motifs is 1. The number of aromatic carboxylic acids is 1. The van der Waals surface area contributed by atoms with Crippen LogP contribution in [0.3, 0.4) is 0 Å². The Morgan fingerprint density at radius 1 is 1.13 bits per heavy atom. The molecule has 2 atom stereocenters. The van der Waals surface area contributed by atoms with E-state index in [1.165, 1.54) is 12.1 Å². The zero-order chi connectivity index (χ0) is 16.4. The number of nitrogens with one attached hydrogen (secondary N) is 1. The highest BCUT2D eigenvalue weighted by Crippen LogP contribution is 2.33. The number of para-hydroxylation sites is 2. The molecule has 3 rings (SSSR count). The number of rotatable bonds is 4. The summed E-state index contributed by atoms with van der Waals surface area (Å²) in [5.74, 6) is -0.232. The fraction of sp³-hybridized carbons (Fsp3) is 0.250. The van der Waals surface area contributed by atoms with E-state index in [1.807, 2.05) is 6.07 Å². The minimum absolute atomic E-state index is 0.0698. The number of hydrogen-bond donors (Lipinski definition) is 2. The molecular formula is C16H15NO6. The number of carboxylic acids is 1. The van der Waals surface area contributed by atoms with E-state index in [-0.39, 0.29) is 18.2 Å². The second kappa shape index (κ2) is 6.04. The predicted molar refractivity (Wildman–Crippen MR) is 78.5 cm³/mol. The molecular weight excluding hydrogens is 302 g/mol. The van der Waals surface area contributed by atoms with Crippen LogP contribution in [0.2, 0.25) is 0 Å². The molecule has 2 aromatic rings. The predicted octanol–water partition coefficient (Wildman–Crippen LogP) is 1.82. The summed E-state index contributed by atoms with van der Waals surface area (Å²) in [6, 6.07) is 9.96. The fourth-order valence-electron chi connectivity index (χ4n) is 2.27. The highest BCUT2D eigenvalue weighted by molar-refractivity contribution is 5.84. The standard InChI is InChI=1S/C16H15NO6/c1-9-14(23-12-5-3-2-4-11(12)21-9)15(18)17-8-10-6-7-13(22-10)16(19)20/h2-7,9,14H,8H2,1H3,(H,17,18)(H,19,20)/t9-,14+/m0/s1. The van der Waals surface area contributed by atoms with Gasteiger partial charge in [0.05, 0.1) is 6.54 Å². The van der Waals surface area contributed by atoms with E-state index in [0.29, 0.717) is 17.3 Å². The lowest BCUT2D eigenvalue weighted by atomic mass is 10.1. The molecule has 1 aromatic heterocycles. The van der Waals surface area contributed by atoms with Gasteiger partial charge in [0.1, 0.15) is 11.9 Å². The van der Waals surface area contributed by atoms with Gasteiger partial charge in [0, 0.05) is 0 Å². The van der Waals surface area contributed by atoms with Crippen molar-refractivity contribution in [2.24, 2.45) is 0 Å². The lowest BCUT2D eigenvalue weighted by molar-refractivity contribution is -0.133. The third kappa shape index (κ3) is 3.13. The van der Waals surface area contributed by atoms with E-state index in [1.54, 1.807) is 25.1 Å². The van der Waals surface area contributed by atoms with Gasteiger partial charge >= 0.3 is 5.97 Å². The molecule has 0 saturated heterocycles. The topological polar surface area (TPSA) is 98.0 Å². The fourth-order valence-corrected chi connectivity index (χ4v) is 2.27. The van der Waals surface area contributed by atoms with E-state index < -0.39 is 18.2 Å². The maximum absolute atomic E-state index is 12.3. The minimum atomic E-state index is -1.16. The van der Waals surface area contributed by atoms with Crippen LogP contribution >= 0.6 is 0 Å². The number of carbonyl (C=O) groups excluding carboxylic acids is 1. The molecule has 0 bridgehead atoms. The molecule has 0 radical (unpaired) electrons. The lowest BCUT2D eigenvalue weighted by Gasteiger charge is -2.30. The van der Waals surface area contributed by atoms with Gasteiger partial charge in [-0.1, -0.05) is 12.1 Å². The van der Waals surface area contributed by atoms with E-state index in [4.69, 9.17) is 19.0 Å². The average Bonchev–Trinajstić information content (AvgIpc) is 3.01. The Hall–Kier alpha value is -2.96. The summed E-state index contributed by atoms with van der Waals surface area (Å²) in [6.45, 7) is 1.82. The highest BCUT2D eigenvalue weighted by Gasteiger charge is 2.33. The van der Waals surface area contributed by atoms with Crippen LogP contribution in [0.25, 0.3) is 0 Å². The SMILES string of the molecule is C[C@@H]1Oc2ccccc2O[C@H]1C(=O)NCc1ccc(C(=O)O)o1. The number of ether oxygens (including phenoxy) is 2. The van der Waals surface area contributed by atoms with Crippen LogP contribution < -0.4 is 14.8 Å². The maximum Gasteiger partial charge on any atom is 0.371 e. The first kappa shape index (κ1) is 15.0. The second-order valence-electron chi connectivity index (χ2n) is 5.10. The van der Waals surface area contributed by atoms with Gasteiger partial charge in [0.25, 0.3) is 5.91 Å². The third-order valence-electron chi connectivity index (χ3n) is 3.41. The number of amides is 1. The molecule has 2 heterocycles. The average molecular weight is 317 g/mol. The first-order valence-corrected chi connectivity index (χ1v) is 7.06. The van der Waals surface area contributed by atoms with Crippen molar-refractivity contribution in [1.82, 2.24) is 5.32 Å². The van der Waals surface area contributed by atoms with Crippen molar-refractivity contribution in [3.05, 3.63) is 47.9 Å². The molecule has 7 heteroatoms. The van der Waals surface area contributed by atoms with Crippen LogP contribution in [-0.2, 0) is 11.3 Å². The van der Waals surface area contributed by atoms with E-state index in [2.05, 4.69) is 5.32 Å². The van der Waals surface area contributed by atoms with Gasteiger partial charge in [-0.3, -0.25) is 4.79 Å². The number of furan rings is 1. The van der Waals surface area contributed by atoms with Gasteiger partial charge in [-0.15, -0.1) is 0 Å². The summed E-state index contributed by atoms with van der Waals surface area (Å²) in [5.41, 5.74) is 0. The largest absolute Gasteiger partial charge is 0.482 e. The Morgan fingerprint density at radius 2 is 1.83 bits per heavy atom. The molecule has 1 amide bonds. The molecule has 0 aliphatic carbocycles. The van der Waals surface area contributed by atoms with Gasteiger partial charge < -0.3 is 24.3 Å². The van der Waals surface area contributed by atoms with Gasteiger partial charge in [0.2, 0.25) is 11.9 Å². The zero-order valence-corrected chi connectivity index (χ0v) is 12.3. The van der Waals surface area contributed by atoms with E-state index in [0.717, 1.165) is 0 Å². The quantitative estimate of drug-likeness (QED) is 0.892. The number of carboxylic acid groups (broad SMARTS) is 1. The smallest absolute Gasteiger partial charge is 0.371 e. The Labute approximate surface area is 131 Å². The Balaban J connectivity index is 1.63. The Bertz CT molecular complexity index is 738. The van der Waals surface area contributed by atoms with Crippen molar-refractivity contribution in [3.63, 3.8) is 0 Å². The summed E-state index contributed by atoms with van der Waals surface area (Å²) >= 11 is 0. The molecule has 0 spiro atoms. The van der Waals surface area contributed by atoms with Crippen LogP contribution in [0.5, 0.6) is 11.5 Å². The molecule has 1 aliphatic rings. The Kier molecular flexibility index (Phi) is 3.92. The summed E-state index contributed by atoms with van der Waals surface area (Å²) in [7, 11) is 0. The van der Waals surface area contributed by atoms with Crippen LogP contribution in [0.15, 0.2) is 40.8 Å². The van der Waals surface area contributed by atoms with E-state index in [9.17, 15) is 9.59 Å². The first-order chi connectivity index (χ1) is 11.0. The molecule has 1 aromatic carbocycles. The van der Waals surface area contributed by atoms with Crippen molar-refractivity contribution in [1.29, 1.82) is 0 Å². The normalized spacial score (nSPS) is 19.2. The number of hydrogen-bond acceptors (Lipinski definition) is 5. The Morgan fingerprint density at radius 3 is 2.48 bits per heavy atom. The molecule has 0 fully saturated rings. The number of carbonyl (C=O) groups is 2. The van der Waals surface area contributed by atoms with Crippen LogP contribution in [0.4, 0.5) is 0 Å². The second-order valence-corrected chi connectivity index (χ2v) is 5.10. The van der Waals surface area contributed by atoms with Crippen LogP contribution in [0, 0.1) is 0 Å². The van der Waals surface area contributed by atoms with Crippen LogP contribution in [-0.4, -0.2) is 29.2 Å². The van der Waals surface area contributed by atoms with Crippen LogP contribution in [0.1, 0.15) is 23.2 Å². The van der Waals surface area contributed by atoms with Gasteiger partial charge in [-0.25, -0.2) is 4.79 Å². The monoisotopic (exact) mass is 317 g/mol. The summed E-state index contributed by atoms with van der Waals surface area (Å²) in [6.07, 6.45) is -1.24. The molecule has 7 nitrogen and oxygen atoms in total. The first-order valence-electron chi connectivity index (χ1n) is 7.06. The van der Waals surface area contributed by atoms with Crippen molar-refractivity contribution >= 4 is 11.9 Å². The summed E-state index contributed by atoms with van der Waals surface area (Å²) < 4.78 is 16.4. The van der Waals surface area contributed by atoms with Crippen molar-refractivity contribution in [2.45, 2.75) is 25.7 Å². The molecule has 120 valence electrons. The van der Waals surface area contributed by atoms with Gasteiger partial charge in [-0.2, -0.15) is 0 Å². The molecule has 0 unspecified atom stereocenters. The third-order valence-corrected chi connectivity index (χ3v) is 3.41. The van der Waals surface area contributed by atoms with Gasteiger partial charge in [0.15, 0.2) is 11.5 Å². The maximum atomic E-state index is 12.3. The van der Waals surface area contributed by atoms with Crippen molar-refractivity contribution in [2.75, 3.05) is 0 Å². The van der Waals surface area contributed by atoms with Crippen molar-refractivity contribution in [3.8, 4) is 11.5 Å². The van der Waals surface area contributed by atoms with Crippen molar-refractivity contribution < 1.29 is 28.6 Å².